The van der Waals surface area contributed by atoms with Crippen molar-refractivity contribution in [1.29, 1.82) is 0 Å². The van der Waals surface area contributed by atoms with Crippen LogP contribution < -0.4 is 11.1 Å². The van der Waals surface area contributed by atoms with E-state index in [0.717, 1.165) is 37.7 Å². The monoisotopic (exact) mass is 502 g/mol. The Morgan fingerprint density at radius 3 is 2.75 bits per heavy atom. The lowest BCUT2D eigenvalue weighted by atomic mass is 9.88. The predicted octanol–water partition coefficient (Wildman–Crippen LogP) is 2.91. The standard InChI is InChI=1S/C20H30N4O3.HI/c1-2-27-20(26)24-11-9-15(10-12-24)23-19(21)22-13-17-16-6-4-3-5-14(16)7-8-18(17)25;/h7-8,15,25H,2-6,9-13H2,1H3,(H3,21,22,23);1H. The number of aryl methyl sites for hydroxylation is 1. The van der Waals surface area contributed by atoms with E-state index in [0.29, 0.717) is 38.0 Å². The van der Waals surface area contributed by atoms with Crippen molar-refractivity contribution in [3.05, 3.63) is 28.8 Å². The van der Waals surface area contributed by atoms with E-state index in [4.69, 9.17) is 10.5 Å². The van der Waals surface area contributed by atoms with Crippen molar-refractivity contribution in [3.63, 3.8) is 0 Å². The SMILES string of the molecule is CCOC(=O)N1CCC(NC(N)=NCc2c(O)ccc3c2CCCC3)CC1.I. The van der Waals surface area contributed by atoms with Gasteiger partial charge in [-0.1, -0.05) is 6.07 Å². The van der Waals surface area contributed by atoms with Gasteiger partial charge in [0.05, 0.1) is 13.2 Å². The molecule has 7 nitrogen and oxygen atoms in total. The minimum Gasteiger partial charge on any atom is -0.508 e. The molecule has 1 heterocycles. The van der Waals surface area contributed by atoms with Crippen molar-refractivity contribution in [3.8, 4) is 5.75 Å². The summed E-state index contributed by atoms with van der Waals surface area (Å²) in [6.07, 6.45) is 5.78. The van der Waals surface area contributed by atoms with Crippen LogP contribution in [0.25, 0.3) is 0 Å². The Balaban J connectivity index is 0.00000280. The number of nitrogens with one attached hydrogen (secondary N) is 1. The number of aromatic hydroxyl groups is 1. The summed E-state index contributed by atoms with van der Waals surface area (Å²) in [5.41, 5.74) is 9.53. The Hall–Kier alpha value is -1.71. The van der Waals surface area contributed by atoms with Crippen LogP contribution in [0.1, 0.15) is 49.3 Å². The van der Waals surface area contributed by atoms with Gasteiger partial charge in [-0.25, -0.2) is 9.79 Å². The van der Waals surface area contributed by atoms with Crippen LogP contribution in [0.5, 0.6) is 5.75 Å². The van der Waals surface area contributed by atoms with Crippen molar-refractivity contribution < 1.29 is 14.6 Å². The maximum atomic E-state index is 11.7. The van der Waals surface area contributed by atoms with Crippen LogP contribution in [0.3, 0.4) is 0 Å². The van der Waals surface area contributed by atoms with Gasteiger partial charge in [-0.2, -0.15) is 0 Å². The summed E-state index contributed by atoms with van der Waals surface area (Å²) in [5.74, 6) is 0.687. The van der Waals surface area contributed by atoms with E-state index in [2.05, 4.69) is 10.3 Å². The second kappa shape index (κ2) is 10.7. The molecule has 0 atom stereocenters. The largest absolute Gasteiger partial charge is 0.508 e. The van der Waals surface area contributed by atoms with Gasteiger partial charge in [0.1, 0.15) is 5.75 Å². The van der Waals surface area contributed by atoms with E-state index in [-0.39, 0.29) is 36.1 Å². The number of hydrogen-bond acceptors (Lipinski definition) is 4. The molecule has 1 aliphatic carbocycles. The number of nitrogens with zero attached hydrogens (tertiary/aromatic N) is 2. The summed E-state index contributed by atoms with van der Waals surface area (Å²) in [6.45, 7) is 3.89. The number of fused-ring (bicyclic) bond motifs is 1. The Labute approximate surface area is 183 Å². The van der Waals surface area contributed by atoms with E-state index in [1.165, 1.54) is 17.5 Å². The lowest BCUT2D eigenvalue weighted by molar-refractivity contribution is 0.0963. The zero-order valence-electron chi connectivity index (χ0n) is 16.4. The molecule has 1 amide bonds. The number of phenols is 1. The van der Waals surface area contributed by atoms with Gasteiger partial charge < -0.3 is 25.8 Å². The fourth-order valence-electron chi connectivity index (χ4n) is 3.91. The molecule has 0 aromatic heterocycles. The maximum Gasteiger partial charge on any atom is 0.409 e. The van der Waals surface area contributed by atoms with Crippen LogP contribution in [0, 0.1) is 0 Å². The van der Waals surface area contributed by atoms with Gasteiger partial charge in [-0.3, -0.25) is 0 Å². The Morgan fingerprint density at radius 1 is 1.32 bits per heavy atom. The number of benzene rings is 1. The van der Waals surface area contributed by atoms with Gasteiger partial charge in [0, 0.05) is 24.7 Å². The molecule has 1 aliphatic heterocycles. The van der Waals surface area contributed by atoms with Crippen molar-refractivity contribution in [2.75, 3.05) is 19.7 Å². The van der Waals surface area contributed by atoms with E-state index >= 15 is 0 Å². The fraction of sp³-hybridized carbons (Fsp3) is 0.600. The van der Waals surface area contributed by atoms with Gasteiger partial charge in [0.25, 0.3) is 0 Å². The van der Waals surface area contributed by atoms with Crippen LogP contribution in [0.4, 0.5) is 4.79 Å². The molecule has 156 valence electrons. The number of hydrogen-bond donors (Lipinski definition) is 3. The third-order valence-corrected chi connectivity index (χ3v) is 5.41. The number of guanidine groups is 1. The molecule has 0 bridgehead atoms. The molecular formula is C20H31IN4O3. The molecule has 1 fully saturated rings. The number of carbonyl (C=O) groups excluding carboxylic acids is 1. The first-order valence-electron chi connectivity index (χ1n) is 9.89. The van der Waals surface area contributed by atoms with Crippen LogP contribution in [0.2, 0.25) is 0 Å². The molecule has 8 heteroatoms. The van der Waals surface area contributed by atoms with E-state index in [9.17, 15) is 9.90 Å². The number of ether oxygens (including phenoxy) is 1. The molecule has 28 heavy (non-hydrogen) atoms. The summed E-state index contributed by atoms with van der Waals surface area (Å²) >= 11 is 0. The number of likely N-dealkylation sites (tertiary alicyclic amines) is 1. The highest BCUT2D eigenvalue weighted by atomic mass is 127. The lowest BCUT2D eigenvalue weighted by Crippen LogP contribution is -2.48. The van der Waals surface area contributed by atoms with Gasteiger partial charge in [0.15, 0.2) is 5.96 Å². The first-order chi connectivity index (χ1) is 13.1. The molecular weight excluding hydrogens is 471 g/mol. The van der Waals surface area contributed by atoms with Gasteiger partial charge in [0.2, 0.25) is 0 Å². The number of piperidine rings is 1. The van der Waals surface area contributed by atoms with Crippen molar-refractivity contribution >= 4 is 36.0 Å². The molecule has 1 saturated heterocycles. The topological polar surface area (TPSA) is 100 Å². The number of nitrogens with two attached hydrogens (primary N) is 1. The number of phenolic OH excluding ortho intramolecular Hbond substituents is 1. The zero-order valence-corrected chi connectivity index (χ0v) is 18.8. The van der Waals surface area contributed by atoms with E-state index in [1.807, 2.05) is 13.0 Å². The smallest absolute Gasteiger partial charge is 0.409 e. The summed E-state index contributed by atoms with van der Waals surface area (Å²) in [7, 11) is 0. The van der Waals surface area contributed by atoms with Crippen molar-refractivity contribution in [2.24, 2.45) is 10.7 Å². The van der Waals surface area contributed by atoms with Crippen molar-refractivity contribution in [2.45, 2.75) is 58.0 Å². The predicted molar refractivity (Wildman–Crippen MR) is 120 cm³/mol. The van der Waals surface area contributed by atoms with E-state index in [1.54, 1.807) is 11.0 Å². The number of halogens is 1. The molecule has 2 aliphatic rings. The molecule has 0 spiro atoms. The summed E-state index contributed by atoms with van der Waals surface area (Å²) in [4.78, 5) is 17.9. The van der Waals surface area contributed by atoms with Crippen LogP contribution in [0.15, 0.2) is 17.1 Å². The Kier molecular flexibility index (Phi) is 8.65. The number of amides is 1. The number of aliphatic imine (C=N–C) groups is 1. The summed E-state index contributed by atoms with van der Waals surface area (Å²) < 4.78 is 5.04. The highest BCUT2D eigenvalue weighted by Crippen LogP contribution is 2.31. The Bertz CT molecular complexity index is 703. The molecule has 4 N–H and O–H groups in total. The summed E-state index contributed by atoms with van der Waals surface area (Å²) in [5, 5.41) is 13.5. The van der Waals surface area contributed by atoms with Crippen LogP contribution in [-0.2, 0) is 24.1 Å². The number of carbonyl (C=O) groups is 1. The first kappa shape index (κ1) is 22.6. The average Bonchev–Trinajstić information content (AvgIpc) is 2.68. The average molecular weight is 502 g/mol. The minimum absolute atomic E-state index is 0. The van der Waals surface area contributed by atoms with Gasteiger partial charge >= 0.3 is 6.09 Å². The quantitative estimate of drug-likeness (QED) is 0.334. The number of rotatable bonds is 4. The molecule has 0 unspecified atom stereocenters. The van der Waals surface area contributed by atoms with Crippen LogP contribution in [-0.4, -0.2) is 47.8 Å². The molecule has 0 radical (unpaired) electrons. The maximum absolute atomic E-state index is 11.7. The minimum atomic E-state index is -0.248. The van der Waals surface area contributed by atoms with Crippen molar-refractivity contribution in [1.82, 2.24) is 10.2 Å². The normalized spacial score (nSPS) is 17.5. The highest BCUT2D eigenvalue weighted by Gasteiger charge is 2.23. The molecule has 3 rings (SSSR count). The summed E-state index contributed by atoms with van der Waals surface area (Å²) in [6, 6.07) is 3.98. The van der Waals surface area contributed by atoms with Gasteiger partial charge in [-0.05, 0) is 62.6 Å². The fourth-order valence-corrected chi connectivity index (χ4v) is 3.91. The van der Waals surface area contributed by atoms with E-state index < -0.39 is 0 Å². The Morgan fingerprint density at radius 2 is 2.04 bits per heavy atom. The molecule has 0 saturated carbocycles. The third-order valence-electron chi connectivity index (χ3n) is 5.41. The van der Waals surface area contributed by atoms with Crippen LogP contribution >= 0.6 is 24.0 Å². The highest BCUT2D eigenvalue weighted by molar-refractivity contribution is 14.0. The van der Waals surface area contributed by atoms with Gasteiger partial charge in [-0.15, -0.1) is 24.0 Å². The lowest BCUT2D eigenvalue weighted by Gasteiger charge is -2.31. The third kappa shape index (κ3) is 5.65. The molecule has 1 aromatic rings. The first-order valence-corrected chi connectivity index (χ1v) is 9.89. The zero-order chi connectivity index (χ0) is 19.2. The molecule has 1 aromatic carbocycles. The second-order valence-electron chi connectivity index (χ2n) is 7.21. The second-order valence-corrected chi connectivity index (χ2v) is 7.21.